The summed E-state index contributed by atoms with van der Waals surface area (Å²) >= 11 is 0. The maximum atomic E-state index is 12.0. The first-order chi connectivity index (χ1) is 6.54. The van der Waals surface area contributed by atoms with Gasteiger partial charge in [-0.15, -0.1) is 0 Å². The minimum Gasteiger partial charge on any atom is -0.330 e. The number of alkyl halides is 6. The van der Waals surface area contributed by atoms with E-state index < -0.39 is 43.7 Å². The molecule has 0 rings (SSSR count). The van der Waals surface area contributed by atoms with E-state index in [4.69, 9.17) is 11.5 Å². The van der Waals surface area contributed by atoms with Gasteiger partial charge < -0.3 is 11.5 Å². The first-order valence-corrected chi connectivity index (χ1v) is 4.07. The summed E-state index contributed by atoms with van der Waals surface area (Å²) in [5, 5.41) is 0. The Hall–Kier alpha value is -0.500. The van der Waals surface area contributed by atoms with Gasteiger partial charge in [0, 0.05) is 5.41 Å². The summed E-state index contributed by atoms with van der Waals surface area (Å²) in [4.78, 5) is 0. The number of nitrogens with two attached hydrogens (primary N) is 2. The van der Waals surface area contributed by atoms with Crippen LogP contribution in [-0.2, 0) is 0 Å². The van der Waals surface area contributed by atoms with Gasteiger partial charge in [0.2, 0.25) is 0 Å². The van der Waals surface area contributed by atoms with Gasteiger partial charge in [0.05, 0.1) is 12.8 Å². The average Bonchev–Trinajstić information content (AvgIpc) is 1.98. The summed E-state index contributed by atoms with van der Waals surface area (Å²) in [7, 11) is 0. The molecule has 0 bridgehead atoms. The van der Waals surface area contributed by atoms with Crippen molar-refractivity contribution in [3.63, 3.8) is 0 Å². The van der Waals surface area contributed by atoms with E-state index in [0.717, 1.165) is 0 Å². The first-order valence-electron chi connectivity index (χ1n) is 4.07. The molecule has 0 saturated carbocycles. The summed E-state index contributed by atoms with van der Waals surface area (Å²) in [5.41, 5.74) is 7.76. The Labute approximate surface area is 82.6 Å². The van der Waals surface area contributed by atoms with Crippen LogP contribution >= 0.6 is 0 Å². The van der Waals surface area contributed by atoms with Crippen molar-refractivity contribution in [3.05, 3.63) is 0 Å². The van der Waals surface area contributed by atoms with Crippen molar-refractivity contribution in [2.24, 2.45) is 16.9 Å². The monoisotopic (exact) mass is 238 g/mol. The maximum absolute atomic E-state index is 12.0. The van der Waals surface area contributed by atoms with Crippen LogP contribution in [0, 0.1) is 5.41 Å². The highest BCUT2D eigenvalue weighted by atomic mass is 19.4. The van der Waals surface area contributed by atoms with Crippen molar-refractivity contribution in [2.75, 3.05) is 13.1 Å². The molecule has 0 aliphatic rings. The van der Waals surface area contributed by atoms with Crippen LogP contribution in [0.15, 0.2) is 0 Å². The Morgan fingerprint density at radius 2 is 0.933 bits per heavy atom. The highest BCUT2D eigenvalue weighted by molar-refractivity contribution is 4.86. The van der Waals surface area contributed by atoms with Gasteiger partial charge in [-0.05, 0) is 13.1 Å². The van der Waals surface area contributed by atoms with Crippen LogP contribution in [0.3, 0.4) is 0 Å². The molecule has 0 aliphatic heterocycles. The molecule has 0 aromatic heterocycles. The fourth-order valence-corrected chi connectivity index (χ4v) is 1.28. The van der Waals surface area contributed by atoms with Crippen LogP contribution in [0.1, 0.15) is 12.8 Å². The van der Waals surface area contributed by atoms with Crippen molar-refractivity contribution in [1.82, 2.24) is 0 Å². The van der Waals surface area contributed by atoms with Crippen LogP contribution in [-0.4, -0.2) is 25.4 Å². The normalized spacial score (nSPS) is 14.4. The summed E-state index contributed by atoms with van der Waals surface area (Å²) in [5.74, 6) is 0. The quantitative estimate of drug-likeness (QED) is 0.733. The van der Waals surface area contributed by atoms with Gasteiger partial charge in [-0.1, -0.05) is 0 Å². The third-order valence-corrected chi connectivity index (χ3v) is 2.02. The van der Waals surface area contributed by atoms with E-state index in [1.54, 1.807) is 0 Å². The number of rotatable bonds is 4. The molecule has 0 radical (unpaired) electrons. The Kier molecular flexibility index (Phi) is 4.41. The Morgan fingerprint density at radius 1 is 0.667 bits per heavy atom. The largest absolute Gasteiger partial charge is 0.389 e. The van der Waals surface area contributed by atoms with E-state index in [-0.39, 0.29) is 0 Å². The summed E-state index contributed by atoms with van der Waals surface area (Å²) in [6.07, 6.45) is -12.6. The van der Waals surface area contributed by atoms with Gasteiger partial charge in [0.1, 0.15) is 0 Å². The van der Waals surface area contributed by atoms with Gasteiger partial charge in [-0.25, -0.2) is 0 Å². The first kappa shape index (κ1) is 14.5. The zero-order chi connectivity index (χ0) is 12.3. The van der Waals surface area contributed by atoms with Crippen molar-refractivity contribution in [1.29, 1.82) is 0 Å². The van der Waals surface area contributed by atoms with Crippen molar-refractivity contribution in [2.45, 2.75) is 25.2 Å². The predicted octanol–water partition coefficient (Wildman–Crippen LogP) is 1.79. The van der Waals surface area contributed by atoms with Crippen LogP contribution in [0.25, 0.3) is 0 Å². The molecule has 0 aromatic rings. The highest BCUT2D eigenvalue weighted by Crippen LogP contribution is 2.40. The molecule has 4 N–H and O–H groups in total. The van der Waals surface area contributed by atoms with E-state index in [1.807, 2.05) is 0 Å². The van der Waals surface area contributed by atoms with Gasteiger partial charge in [-0.2, -0.15) is 26.3 Å². The van der Waals surface area contributed by atoms with E-state index in [9.17, 15) is 26.3 Å². The van der Waals surface area contributed by atoms with Crippen LogP contribution in [0.2, 0.25) is 0 Å². The molecule has 0 atom stereocenters. The molecule has 2 nitrogen and oxygen atoms in total. The fourth-order valence-electron chi connectivity index (χ4n) is 1.28. The minimum atomic E-state index is -4.70. The Balaban J connectivity index is 4.74. The van der Waals surface area contributed by atoms with Gasteiger partial charge in [0.15, 0.2) is 0 Å². The van der Waals surface area contributed by atoms with Crippen LogP contribution in [0.4, 0.5) is 26.3 Å². The fraction of sp³-hybridized carbons (Fsp3) is 1.00. The van der Waals surface area contributed by atoms with Crippen LogP contribution < -0.4 is 11.5 Å². The lowest BCUT2D eigenvalue weighted by atomic mass is 9.80. The standard InChI is InChI=1S/C7H12F6N2/c8-6(9,10)1-5(3-14,4-15)2-7(11,12)13/h1-4,14-15H2. The molecule has 0 spiro atoms. The molecular formula is C7H12F6N2. The minimum absolute atomic E-state index is 0.748. The Bertz CT molecular complexity index is 175. The second-order valence-electron chi connectivity index (χ2n) is 3.49. The lowest BCUT2D eigenvalue weighted by Crippen LogP contribution is -2.44. The van der Waals surface area contributed by atoms with E-state index in [1.165, 1.54) is 0 Å². The summed E-state index contributed by atoms with van der Waals surface area (Å²) in [6, 6.07) is 0. The Morgan fingerprint density at radius 3 is 1.07 bits per heavy atom. The van der Waals surface area contributed by atoms with E-state index in [0.29, 0.717) is 0 Å². The lowest BCUT2D eigenvalue weighted by Gasteiger charge is -2.32. The molecule has 0 aromatic carbocycles. The predicted molar refractivity (Wildman–Crippen MR) is 41.9 cm³/mol. The van der Waals surface area contributed by atoms with Crippen molar-refractivity contribution >= 4 is 0 Å². The molecule has 0 unspecified atom stereocenters. The number of hydrogen-bond donors (Lipinski definition) is 2. The third kappa shape index (κ3) is 5.83. The highest BCUT2D eigenvalue weighted by Gasteiger charge is 2.47. The number of halogens is 6. The molecular weight excluding hydrogens is 226 g/mol. The maximum Gasteiger partial charge on any atom is 0.389 e. The molecule has 15 heavy (non-hydrogen) atoms. The van der Waals surface area contributed by atoms with Crippen molar-refractivity contribution < 1.29 is 26.3 Å². The van der Waals surface area contributed by atoms with Gasteiger partial charge >= 0.3 is 12.4 Å². The second kappa shape index (κ2) is 4.56. The van der Waals surface area contributed by atoms with Crippen LogP contribution in [0.5, 0.6) is 0 Å². The van der Waals surface area contributed by atoms with E-state index >= 15 is 0 Å². The third-order valence-electron chi connectivity index (χ3n) is 2.02. The number of hydrogen-bond acceptors (Lipinski definition) is 2. The topological polar surface area (TPSA) is 52.0 Å². The SMILES string of the molecule is NCC(CN)(CC(F)(F)F)CC(F)(F)F. The summed E-state index contributed by atoms with van der Waals surface area (Å²) in [6.45, 7) is -1.50. The molecule has 0 aliphatic carbocycles. The molecule has 0 saturated heterocycles. The van der Waals surface area contributed by atoms with E-state index in [2.05, 4.69) is 0 Å². The zero-order valence-corrected chi connectivity index (χ0v) is 7.75. The molecule has 8 heteroatoms. The summed E-state index contributed by atoms with van der Waals surface area (Å²) < 4.78 is 72.1. The molecule has 92 valence electrons. The molecule has 0 fully saturated rings. The zero-order valence-electron chi connectivity index (χ0n) is 7.75. The second-order valence-corrected chi connectivity index (χ2v) is 3.49. The lowest BCUT2D eigenvalue weighted by molar-refractivity contribution is -0.191. The van der Waals surface area contributed by atoms with Crippen molar-refractivity contribution in [3.8, 4) is 0 Å². The molecule has 0 heterocycles. The molecule has 0 amide bonds. The van der Waals surface area contributed by atoms with Gasteiger partial charge in [0.25, 0.3) is 0 Å². The van der Waals surface area contributed by atoms with Gasteiger partial charge in [-0.3, -0.25) is 0 Å². The smallest absolute Gasteiger partial charge is 0.330 e. The average molecular weight is 238 g/mol.